The van der Waals surface area contributed by atoms with Crippen LogP contribution in [0.4, 0.5) is 4.39 Å². The summed E-state index contributed by atoms with van der Waals surface area (Å²) in [5.41, 5.74) is 1.14. The minimum absolute atomic E-state index is 0.0763. The van der Waals surface area contributed by atoms with Crippen LogP contribution in [0.2, 0.25) is 0 Å². The normalized spacial score (nSPS) is 10.8. The fourth-order valence-corrected chi connectivity index (χ4v) is 3.85. The predicted octanol–water partition coefficient (Wildman–Crippen LogP) is 3.57. The van der Waals surface area contributed by atoms with Crippen LogP contribution in [-0.2, 0) is 11.3 Å². The Hall–Kier alpha value is -3.99. The summed E-state index contributed by atoms with van der Waals surface area (Å²) in [5.74, 6) is -0.655. The van der Waals surface area contributed by atoms with Crippen LogP contribution >= 0.6 is 11.3 Å². The van der Waals surface area contributed by atoms with Crippen LogP contribution in [0.25, 0.3) is 5.69 Å². The van der Waals surface area contributed by atoms with Crippen molar-refractivity contribution in [1.82, 2.24) is 19.3 Å². The van der Waals surface area contributed by atoms with Gasteiger partial charge in [-0.15, -0.1) is 0 Å². The summed E-state index contributed by atoms with van der Waals surface area (Å²) in [6.45, 7) is 1.94. The Morgan fingerprint density at radius 2 is 1.91 bits per heavy atom. The van der Waals surface area contributed by atoms with Gasteiger partial charge in [0.15, 0.2) is 11.6 Å². The van der Waals surface area contributed by atoms with Crippen molar-refractivity contribution in [3.8, 4) is 22.2 Å². The highest BCUT2D eigenvalue weighted by Crippen LogP contribution is 2.33. The Bertz CT molecular complexity index is 1360. The summed E-state index contributed by atoms with van der Waals surface area (Å²) in [7, 11) is 2.83. The van der Waals surface area contributed by atoms with Gasteiger partial charge >= 0.3 is 11.7 Å². The zero-order valence-corrected chi connectivity index (χ0v) is 18.8. The number of nitrogens with zero attached hydrogens (tertiary/aromatic N) is 4. The Labute approximate surface area is 191 Å². The molecule has 0 saturated heterocycles. The van der Waals surface area contributed by atoms with Crippen LogP contribution in [0.1, 0.15) is 21.1 Å². The molecule has 0 unspecified atom stereocenters. The quantitative estimate of drug-likeness (QED) is 0.381. The molecule has 170 valence electrons. The van der Waals surface area contributed by atoms with Crippen LogP contribution < -0.4 is 15.2 Å². The van der Waals surface area contributed by atoms with Gasteiger partial charge in [0.25, 0.3) is 0 Å². The smallest absolute Gasteiger partial charge is 0.367 e. The van der Waals surface area contributed by atoms with Crippen molar-refractivity contribution in [3.63, 3.8) is 0 Å². The molecule has 11 heteroatoms. The summed E-state index contributed by atoms with van der Waals surface area (Å²) < 4.78 is 32.6. The van der Waals surface area contributed by atoms with E-state index in [-0.39, 0.29) is 21.5 Å². The van der Waals surface area contributed by atoms with E-state index < -0.39 is 17.5 Å². The number of hydrogen-bond donors (Lipinski definition) is 0. The van der Waals surface area contributed by atoms with Crippen molar-refractivity contribution in [3.05, 3.63) is 81.4 Å². The lowest BCUT2D eigenvalue weighted by atomic mass is 10.2. The Morgan fingerprint density at radius 1 is 1.15 bits per heavy atom. The van der Waals surface area contributed by atoms with Crippen molar-refractivity contribution < 1.29 is 23.4 Å². The summed E-state index contributed by atoms with van der Waals surface area (Å²) in [6.07, 6.45) is 1.39. The number of hydrogen-bond acceptors (Lipinski definition) is 8. The Morgan fingerprint density at radius 3 is 2.58 bits per heavy atom. The molecular weight excluding hydrogens is 451 g/mol. The largest absolute Gasteiger partial charge is 0.497 e. The molecule has 0 bridgehead atoms. The molecular formula is C22H19FN4O5S. The lowest BCUT2D eigenvalue weighted by molar-refractivity contribution is 0.0600. The Balaban J connectivity index is 1.54. The molecule has 0 N–H and O–H groups in total. The first-order chi connectivity index (χ1) is 15.9. The third kappa shape index (κ3) is 4.62. The van der Waals surface area contributed by atoms with Crippen LogP contribution in [0.15, 0.2) is 53.6 Å². The number of carbonyl (C=O) groups is 1. The number of halogens is 1. The number of aryl methyl sites for hydroxylation is 1. The number of thiazole rings is 1. The molecule has 0 atom stereocenters. The molecule has 0 aliphatic carbocycles. The molecule has 2 heterocycles. The van der Waals surface area contributed by atoms with E-state index in [1.54, 1.807) is 26.2 Å². The molecule has 0 aliphatic heterocycles. The molecule has 2 aromatic carbocycles. The van der Waals surface area contributed by atoms with Crippen molar-refractivity contribution in [1.29, 1.82) is 0 Å². The molecule has 4 rings (SSSR count). The van der Waals surface area contributed by atoms with Gasteiger partial charge in [0.05, 0.1) is 32.1 Å². The van der Waals surface area contributed by atoms with E-state index in [1.807, 2.05) is 12.1 Å². The number of aromatic nitrogens is 4. The van der Waals surface area contributed by atoms with E-state index in [1.165, 1.54) is 30.1 Å². The predicted molar refractivity (Wildman–Crippen MR) is 118 cm³/mol. The summed E-state index contributed by atoms with van der Waals surface area (Å²) in [5, 5.41) is 4.47. The van der Waals surface area contributed by atoms with Crippen LogP contribution in [0.5, 0.6) is 16.6 Å². The third-order valence-corrected chi connectivity index (χ3v) is 5.74. The van der Waals surface area contributed by atoms with Gasteiger partial charge in [-0.1, -0.05) is 23.5 Å². The number of esters is 1. The first-order valence-electron chi connectivity index (χ1n) is 9.70. The van der Waals surface area contributed by atoms with Crippen molar-refractivity contribution in [2.75, 3.05) is 14.2 Å². The van der Waals surface area contributed by atoms with Gasteiger partial charge in [0, 0.05) is 6.07 Å². The van der Waals surface area contributed by atoms with Crippen molar-refractivity contribution in [2.45, 2.75) is 13.5 Å². The number of carbonyl (C=O) groups excluding carboxylic acids is 1. The zero-order valence-electron chi connectivity index (χ0n) is 17.9. The maximum Gasteiger partial charge on any atom is 0.367 e. The molecule has 0 fully saturated rings. The average molecular weight is 470 g/mol. The summed E-state index contributed by atoms with van der Waals surface area (Å²) in [4.78, 5) is 28.4. The summed E-state index contributed by atoms with van der Waals surface area (Å²) >= 11 is 0.952. The topological polar surface area (TPSA) is 97.5 Å². The number of methoxy groups -OCH3 is 2. The van der Waals surface area contributed by atoms with E-state index >= 15 is 0 Å². The molecule has 0 spiro atoms. The van der Waals surface area contributed by atoms with E-state index in [0.29, 0.717) is 12.2 Å². The van der Waals surface area contributed by atoms with Crippen molar-refractivity contribution >= 4 is 17.3 Å². The first-order valence-corrected chi connectivity index (χ1v) is 10.5. The number of ether oxygens (including phenoxy) is 3. The molecule has 2 aromatic heterocycles. The summed E-state index contributed by atoms with van der Waals surface area (Å²) in [6, 6.07) is 11.4. The monoisotopic (exact) mass is 470 g/mol. The standard InChI is InChI=1S/C22H19FN4O5S/c1-13-21(33-19(25-13)20(28)31-3)32-18-9-6-15(10-17(18)23)27-22(29)26(12-24-27)11-14-4-7-16(30-2)8-5-14/h4-10,12H,11H2,1-3H3. The molecule has 0 saturated carbocycles. The van der Waals surface area contributed by atoms with Crippen molar-refractivity contribution in [2.24, 2.45) is 0 Å². The second kappa shape index (κ2) is 9.25. The SMILES string of the molecule is COC(=O)c1nc(C)c(Oc2ccc(-n3ncn(Cc4ccc(OC)cc4)c3=O)cc2F)s1. The van der Waals surface area contributed by atoms with Crippen LogP contribution in [0.3, 0.4) is 0 Å². The van der Waals surface area contributed by atoms with Gasteiger partial charge in [-0.25, -0.2) is 19.0 Å². The van der Waals surface area contributed by atoms with Gasteiger partial charge in [-0.2, -0.15) is 9.78 Å². The maximum absolute atomic E-state index is 14.7. The maximum atomic E-state index is 14.7. The van der Waals surface area contributed by atoms with Gasteiger partial charge in [0.1, 0.15) is 12.1 Å². The average Bonchev–Trinajstić information content (AvgIpc) is 3.37. The van der Waals surface area contributed by atoms with E-state index in [2.05, 4.69) is 14.8 Å². The minimum atomic E-state index is -0.698. The fourth-order valence-electron chi connectivity index (χ4n) is 3.00. The second-order valence-electron chi connectivity index (χ2n) is 6.90. The van der Waals surface area contributed by atoms with Gasteiger partial charge in [0.2, 0.25) is 10.1 Å². The van der Waals surface area contributed by atoms with Gasteiger partial charge < -0.3 is 14.2 Å². The van der Waals surface area contributed by atoms with E-state index in [9.17, 15) is 14.0 Å². The molecule has 9 nitrogen and oxygen atoms in total. The third-order valence-electron chi connectivity index (χ3n) is 4.72. The fraction of sp³-hybridized carbons (Fsp3) is 0.182. The lowest BCUT2D eigenvalue weighted by Crippen LogP contribution is -2.24. The van der Waals surface area contributed by atoms with E-state index in [0.717, 1.165) is 33.4 Å². The number of benzene rings is 2. The molecule has 33 heavy (non-hydrogen) atoms. The number of rotatable bonds is 7. The highest BCUT2D eigenvalue weighted by atomic mass is 32.1. The zero-order chi connectivity index (χ0) is 23.5. The first kappa shape index (κ1) is 22.2. The van der Waals surface area contributed by atoms with Crippen LogP contribution in [0, 0.1) is 12.7 Å². The molecule has 0 radical (unpaired) electrons. The van der Waals surface area contributed by atoms with Crippen LogP contribution in [-0.4, -0.2) is 39.5 Å². The highest BCUT2D eigenvalue weighted by Gasteiger charge is 2.18. The van der Waals surface area contributed by atoms with Gasteiger partial charge in [-0.3, -0.25) is 4.57 Å². The Kier molecular flexibility index (Phi) is 6.22. The molecule has 4 aromatic rings. The minimum Gasteiger partial charge on any atom is -0.497 e. The highest BCUT2D eigenvalue weighted by molar-refractivity contribution is 7.15. The van der Waals surface area contributed by atoms with Gasteiger partial charge in [-0.05, 0) is 36.8 Å². The molecule has 0 amide bonds. The second-order valence-corrected chi connectivity index (χ2v) is 7.86. The molecule has 0 aliphatic rings. The van der Waals surface area contributed by atoms with E-state index in [4.69, 9.17) is 9.47 Å². The lowest BCUT2D eigenvalue weighted by Gasteiger charge is -2.07.